The molecule has 2 aromatic rings. The van der Waals surface area contributed by atoms with E-state index >= 15 is 0 Å². The van der Waals surface area contributed by atoms with Crippen LogP contribution in [0.25, 0.3) is 0 Å². The van der Waals surface area contributed by atoms with Gasteiger partial charge in [-0.05, 0) is 30.3 Å². The second-order valence-corrected chi connectivity index (χ2v) is 5.09. The van der Waals surface area contributed by atoms with E-state index in [1.165, 1.54) is 12.1 Å². The summed E-state index contributed by atoms with van der Waals surface area (Å²) < 4.78 is 5.05. The number of carbonyl (C=O) groups excluding carboxylic acids is 2. The van der Waals surface area contributed by atoms with Crippen molar-refractivity contribution in [2.75, 3.05) is 19.1 Å². The van der Waals surface area contributed by atoms with Crippen LogP contribution in [0.15, 0.2) is 42.5 Å². The lowest BCUT2D eigenvalue weighted by Crippen LogP contribution is -2.34. The van der Waals surface area contributed by atoms with E-state index in [4.69, 9.17) is 4.74 Å². The quantitative estimate of drug-likeness (QED) is 0.513. The van der Waals surface area contributed by atoms with Gasteiger partial charge in [0, 0.05) is 17.8 Å². The molecule has 0 aromatic heterocycles. The van der Waals surface area contributed by atoms with Crippen LogP contribution < -0.4 is 10.1 Å². The Morgan fingerprint density at radius 2 is 1.75 bits per heavy atom. The standard InChI is InChI=1S/C16H13N3O5/c1-24-12-5-2-10(3-6-12)17-9-18-15(20)13-7-4-11(19(22)23)8-14(13)16(18)21/h2-8,17H,9H2,1H3. The molecule has 0 saturated carbocycles. The van der Waals surface area contributed by atoms with Crippen LogP contribution in [0.4, 0.5) is 11.4 Å². The van der Waals surface area contributed by atoms with Gasteiger partial charge in [-0.2, -0.15) is 0 Å². The van der Waals surface area contributed by atoms with E-state index in [0.717, 1.165) is 11.0 Å². The minimum atomic E-state index is -0.601. The zero-order valence-electron chi connectivity index (χ0n) is 12.7. The maximum Gasteiger partial charge on any atom is 0.270 e. The summed E-state index contributed by atoms with van der Waals surface area (Å²) in [5.41, 5.74) is 0.700. The van der Waals surface area contributed by atoms with E-state index in [1.54, 1.807) is 31.4 Å². The summed E-state index contributed by atoms with van der Waals surface area (Å²) in [6, 6.07) is 10.6. The Labute approximate surface area is 136 Å². The topological polar surface area (TPSA) is 102 Å². The smallest absolute Gasteiger partial charge is 0.270 e. The van der Waals surface area contributed by atoms with Crippen molar-refractivity contribution in [3.05, 3.63) is 63.7 Å². The van der Waals surface area contributed by atoms with Gasteiger partial charge >= 0.3 is 0 Å². The number of nitro benzene ring substituents is 1. The van der Waals surface area contributed by atoms with Crippen molar-refractivity contribution in [3.8, 4) is 5.75 Å². The van der Waals surface area contributed by atoms with Crippen molar-refractivity contribution in [3.63, 3.8) is 0 Å². The number of amides is 2. The Morgan fingerprint density at radius 1 is 1.08 bits per heavy atom. The summed E-state index contributed by atoms with van der Waals surface area (Å²) in [5.74, 6) is -0.348. The molecule has 0 atom stereocenters. The number of carbonyl (C=O) groups is 2. The molecule has 2 aromatic carbocycles. The van der Waals surface area contributed by atoms with Gasteiger partial charge in [0.15, 0.2) is 0 Å². The number of hydrogen-bond donors (Lipinski definition) is 1. The van der Waals surface area contributed by atoms with E-state index in [9.17, 15) is 19.7 Å². The summed E-state index contributed by atoms with van der Waals surface area (Å²) in [4.78, 5) is 35.8. The Hall–Kier alpha value is -3.42. The number of hydrogen-bond acceptors (Lipinski definition) is 6. The first-order chi connectivity index (χ1) is 11.5. The zero-order chi connectivity index (χ0) is 17.3. The third-order valence-corrected chi connectivity index (χ3v) is 3.70. The van der Waals surface area contributed by atoms with E-state index in [2.05, 4.69) is 5.32 Å². The molecule has 2 amide bonds. The number of anilines is 1. The Balaban J connectivity index is 1.76. The number of nitrogens with zero attached hydrogens (tertiary/aromatic N) is 2. The van der Waals surface area contributed by atoms with Gasteiger partial charge in [0.05, 0.1) is 29.8 Å². The average molecular weight is 327 g/mol. The molecule has 8 heteroatoms. The minimum absolute atomic E-state index is 0.0352. The Morgan fingerprint density at radius 3 is 2.38 bits per heavy atom. The first-order valence-electron chi connectivity index (χ1n) is 7.04. The summed E-state index contributed by atoms with van der Waals surface area (Å²) in [6.45, 7) is -0.0352. The van der Waals surface area contributed by atoms with Crippen LogP contribution >= 0.6 is 0 Å². The molecule has 8 nitrogen and oxygen atoms in total. The SMILES string of the molecule is COc1ccc(NCN2C(=O)c3ccc([N+](=O)[O-])cc3C2=O)cc1. The van der Waals surface area contributed by atoms with Gasteiger partial charge in [0.1, 0.15) is 5.75 Å². The van der Waals surface area contributed by atoms with Gasteiger partial charge in [-0.15, -0.1) is 0 Å². The molecule has 0 aliphatic carbocycles. The highest BCUT2D eigenvalue weighted by atomic mass is 16.6. The number of rotatable bonds is 5. The summed E-state index contributed by atoms with van der Waals surface area (Å²) in [7, 11) is 1.56. The van der Waals surface area contributed by atoms with Crippen LogP contribution in [0.2, 0.25) is 0 Å². The molecular formula is C16H13N3O5. The van der Waals surface area contributed by atoms with Crippen molar-refractivity contribution in [1.82, 2.24) is 4.90 Å². The maximum absolute atomic E-state index is 12.3. The van der Waals surface area contributed by atoms with Gasteiger partial charge in [-0.1, -0.05) is 0 Å². The van der Waals surface area contributed by atoms with E-state index in [1.807, 2.05) is 0 Å². The van der Waals surface area contributed by atoms with Crippen LogP contribution in [-0.4, -0.2) is 35.4 Å². The van der Waals surface area contributed by atoms with E-state index in [0.29, 0.717) is 11.4 Å². The van der Waals surface area contributed by atoms with Crippen molar-refractivity contribution in [2.45, 2.75) is 0 Å². The predicted molar refractivity (Wildman–Crippen MR) is 85.1 cm³/mol. The lowest BCUT2D eigenvalue weighted by Gasteiger charge is -2.15. The molecule has 0 bridgehead atoms. The molecule has 1 aliphatic heterocycles. The van der Waals surface area contributed by atoms with Crippen molar-refractivity contribution < 1.29 is 19.2 Å². The summed E-state index contributed by atoms with van der Waals surface area (Å²) >= 11 is 0. The fourth-order valence-electron chi connectivity index (χ4n) is 2.42. The number of non-ortho nitro benzene ring substituents is 1. The molecule has 0 spiro atoms. The predicted octanol–water partition coefficient (Wildman–Crippen LogP) is 2.27. The highest BCUT2D eigenvalue weighted by Gasteiger charge is 2.36. The number of nitrogens with one attached hydrogen (secondary N) is 1. The third-order valence-electron chi connectivity index (χ3n) is 3.70. The second-order valence-electron chi connectivity index (χ2n) is 5.09. The number of imide groups is 1. The van der Waals surface area contributed by atoms with Crippen molar-refractivity contribution >= 4 is 23.2 Å². The highest BCUT2D eigenvalue weighted by molar-refractivity contribution is 6.21. The van der Waals surface area contributed by atoms with Crippen molar-refractivity contribution in [1.29, 1.82) is 0 Å². The highest BCUT2D eigenvalue weighted by Crippen LogP contribution is 2.26. The third kappa shape index (κ3) is 2.65. The average Bonchev–Trinajstić information content (AvgIpc) is 2.84. The van der Waals surface area contributed by atoms with Crippen molar-refractivity contribution in [2.24, 2.45) is 0 Å². The van der Waals surface area contributed by atoms with Gasteiger partial charge in [0.2, 0.25) is 0 Å². The van der Waals surface area contributed by atoms with Gasteiger partial charge in [-0.25, -0.2) is 0 Å². The minimum Gasteiger partial charge on any atom is -0.497 e. The molecule has 1 aliphatic rings. The van der Waals surface area contributed by atoms with Crippen LogP contribution in [0.5, 0.6) is 5.75 Å². The molecule has 1 N–H and O–H groups in total. The largest absolute Gasteiger partial charge is 0.497 e. The number of methoxy groups -OCH3 is 1. The molecular weight excluding hydrogens is 314 g/mol. The Bertz CT molecular complexity index is 832. The summed E-state index contributed by atoms with van der Waals surface area (Å²) in [5, 5.41) is 13.8. The zero-order valence-corrected chi connectivity index (χ0v) is 12.7. The lowest BCUT2D eigenvalue weighted by molar-refractivity contribution is -0.384. The molecule has 3 rings (SSSR count). The monoisotopic (exact) mass is 327 g/mol. The first-order valence-corrected chi connectivity index (χ1v) is 7.04. The number of nitro groups is 1. The molecule has 0 saturated heterocycles. The lowest BCUT2D eigenvalue weighted by atomic mass is 10.1. The van der Waals surface area contributed by atoms with E-state index < -0.39 is 16.7 Å². The molecule has 122 valence electrons. The molecule has 1 heterocycles. The Kier molecular flexibility index (Phi) is 3.87. The molecule has 24 heavy (non-hydrogen) atoms. The molecule has 0 fully saturated rings. The molecule has 0 unspecified atom stereocenters. The number of fused-ring (bicyclic) bond motifs is 1. The number of ether oxygens (including phenoxy) is 1. The van der Waals surface area contributed by atoms with Gasteiger partial charge in [-0.3, -0.25) is 24.6 Å². The fraction of sp³-hybridized carbons (Fsp3) is 0.125. The van der Waals surface area contributed by atoms with Gasteiger partial charge < -0.3 is 10.1 Å². The first kappa shape index (κ1) is 15.5. The maximum atomic E-state index is 12.3. The van der Waals surface area contributed by atoms with Gasteiger partial charge in [0.25, 0.3) is 17.5 Å². The normalized spacial score (nSPS) is 13.0. The van der Waals surface area contributed by atoms with Crippen LogP contribution in [0.3, 0.4) is 0 Å². The van der Waals surface area contributed by atoms with Crippen LogP contribution in [-0.2, 0) is 0 Å². The molecule has 0 radical (unpaired) electrons. The second kappa shape index (κ2) is 5.99. The fourth-order valence-corrected chi connectivity index (χ4v) is 2.42. The summed E-state index contributed by atoms with van der Waals surface area (Å²) in [6.07, 6.45) is 0. The van der Waals surface area contributed by atoms with Crippen LogP contribution in [0.1, 0.15) is 20.7 Å². The van der Waals surface area contributed by atoms with E-state index in [-0.39, 0.29) is 23.5 Å². The number of benzene rings is 2. The van der Waals surface area contributed by atoms with Crippen LogP contribution in [0, 0.1) is 10.1 Å².